The van der Waals surface area contributed by atoms with Crippen LogP contribution in [0.5, 0.6) is 5.75 Å². The van der Waals surface area contributed by atoms with E-state index in [0.717, 1.165) is 17.9 Å². The van der Waals surface area contributed by atoms with Crippen molar-refractivity contribution in [2.75, 3.05) is 18.5 Å². The minimum Gasteiger partial charge on any atom is -0.491 e. The fourth-order valence-electron chi connectivity index (χ4n) is 2.76. The van der Waals surface area contributed by atoms with Gasteiger partial charge in [-0.25, -0.2) is 9.97 Å². The van der Waals surface area contributed by atoms with E-state index in [-0.39, 0.29) is 0 Å². The molecule has 2 aromatic rings. The highest BCUT2D eigenvalue weighted by molar-refractivity contribution is 6.33. The average Bonchev–Trinajstić information content (AvgIpc) is 2.60. The normalized spacial score (nSPS) is 10.7. The summed E-state index contributed by atoms with van der Waals surface area (Å²) in [5, 5.41) is 3.78. The van der Waals surface area contributed by atoms with E-state index in [1.54, 1.807) is 0 Å². The molecule has 0 amide bonds. The quantitative estimate of drug-likeness (QED) is 0.578. The summed E-state index contributed by atoms with van der Waals surface area (Å²) in [6.07, 6.45) is 7.62. The standard InChI is InChI=1S/C20H28ClN3O/c1-4-5-6-7-10-17-11-8-9-15(2)19(17)25-13-12-22-20-18(21)16(3)23-14-24-20/h8-9,11,14H,4-7,10,12-13H2,1-3H3,(H,22,23,24). The van der Waals surface area contributed by atoms with E-state index in [0.29, 0.717) is 24.0 Å². The molecule has 4 nitrogen and oxygen atoms in total. The molecule has 0 aliphatic carbocycles. The van der Waals surface area contributed by atoms with E-state index in [4.69, 9.17) is 16.3 Å². The molecule has 1 aromatic carbocycles. The lowest BCUT2D eigenvalue weighted by atomic mass is 10.0. The summed E-state index contributed by atoms with van der Waals surface area (Å²) in [5.74, 6) is 1.67. The summed E-state index contributed by atoms with van der Waals surface area (Å²) in [6.45, 7) is 7.40. The maximum atomic E-state index is 6.19. The average molecular weight is 362 g/mol. The Labute approximate surface area is 156 Å². The number of benzene rings is 1. The molecule has 136 valence electrons. The summed E-state index contributed by atoms with van der Waals surface area (Å²) in [4.78, 5) is 8.23. The van der Waals surface area contributed by atoms with Crippen molar-refractivity contribution in [3.05, 3.63) is 46.4 Å². The minimum absolute atomic E-state index is 0.562. The van der Waals surface area contributed by atoms with Crippen LogP contribution in [0.1, 0.15) is 49.4 Å². The Morgan fingerprint density at radius 2 is 1.96 bits per heavy atom. The van der Waals surface area contributed by atoms with E-state index >= 15 is 0 Å². The van der Waals surface area contributed by atoms with Crippen molar-refractivity contribution >= 4 is 17.4 Å². The number of nitrogens with one attached hydrogen (secondary N) is 1. The van der Waals surface area contributed by atoms with Gasteiger partial charge in [-0.2, -0.15) is 0 Å². The fourth-order valence-corrected chi connectivity index (χ4v) is 2.93. The first-order valence-electron chi connectivity index (χ1n) is 9.05. The van der Waals surface area contributed by atoms with Crippen molar-refractivity contribution in [2.24, 2.45) is 0 Å². The van der Waals surface area contributed by atoms with Crippen molar-refractivity contribution in [2.45, 2.75) is 52.9 Å². The van der Waals surface area contributed by atoms with Gasteiger partial charge in [-0.05, 0) is 37.8 Å². The van der Waals surface area contributed by atoms with E-state index in [2.05, 4.69) is 47.3 Å². The Kier molecular flexibility index (Phi) is 7.99. The molecule has 5 heteroatoms. The molecule has 0 saturated heterocycles. The van der Waals surface area contributed by atoms with E-state index in [1.807, 2.05) is 6.92 Å². The first-order chi connectivity index (χ1) is 12.1. The Morgan fingerprint density at radius 1 is 1.12 bits per heavy atom. The minimum atomic E-state index is 0.562. The Hall–Kier alpha value is -1.81. The van der Waals surface area contributed by atoms with Crippen LogP contribution in [-0.2, 0) is 6.42 Å². The number of aryl methyl sites for hydroxylation is 3. The Morgan fingerprint density at radius 3 is 2.76 bits per heavy atom. The van der Waals surface area contributed by atoms with Crippen LogP contribution in [0, 0.1) is 13.8 Å². The molecule has 1 N–H and O–H groups in total. The highest BCUT2D eigenvalue weighted by Crippen LogP contribution is 2.25. The van der Waals surface area contributed by atoms with Crippen molar-refractivity contribution in [3.63, 3.8) is 0 Å². The summed E-state index contributed by atoms with van der Waals surface area (Å²) < 4.78 is 6.07. The third kappa shape index (κ3) is 5.89. The molecule has 1 heterocycles. The topological polar surface area (TPSA) is 47.0 Å². The molecule has 0 unspecified atom stereocenters. The van der Waals surface area contributed by atoms with E-state index < -0.39 is 0 Å². The Balaban J connectivity index is 1.88. The molecule has 1 aromatic heterocycles. The predicted molar refractivity (Wildman–Crippen MR) is 105 cm³/mol. The third-order valence-electron chi connectivity index (χ3n) is 4.20. The van der Waals surface area contributed by atoms with Crippen LogP contribution in [0.4, 0.5) is 5.82 Å². The number of aromatic nitrogens is 2. The number of nitrogens with zero attached hydrogens (tertiary/aromatic N) is 2. The molecule has 25 heavy (non-hydrogen) atoms. The van der Waals surface area contributed by atoms with Gasteiger partial charge in [0, 0.05) is 0 Å². The second-order valence-electron chi connectivity index (χ2n) is 6.27. The van der Waals surface area contributed by atoms with Gasteiger partial charge in [-0.1, -0.05) is 56.0 Å². The molecule has 0 aliphatic heterocycles. The van der Waals surface area contributed by atoms with E-state index in [9.17, 15) is 0 Å². The number of halogens is 1. The first-order valence-corrected chi connectivity index (χ1v) is 9.43. The predicted octanol–water partition coefficient (Wildman–Crippen LogP) is 5.36. The summed E-state index contributed by atoms with van der Waals surface area (Å²) in [6, 6.07) is 6.38. The SMILES string of the molecule is CCCCCCc1cccc(C)c1OCCNc1ncnc(C)c1Cl. The molecule has 0 saturated carbocycles. The number of rotatable bonds is 10. The number of unbranched alkanes of at least 4 members (excludes halogenated alkanes) is 3. The lowest BCUT2D eigenvalue weighted by molar-refractivity contribution is 0.326. The number of hydrogen-bond donors (Lipinski definition) is 1. The maximum absolute atomic E-state index is 6.19. The maximum Gasteiger partial charge on any atom is 0.148 e. The first kappa shape index (κ1) is 19.5. The van der Waals surface area contributed by atoms with Crippen molar-refractivity contribution < 1.29 is 4.74 Å². The van der Waals surface area contributed by atoms with Crippen molar-refractivity contribution in [3.8, 4) is 5.75 Å². The van der Waals surface area contributed by atoms with Crippen LogP contribution in [0.3, 0.4) is 0 Å². The van der Waals surface area contributed by atoms with Crippen LogP contribution in [0.2, 0.25) is 5.02 Å². The monoisotopic (exact) mass is 361 g/mol. The number of ether oxygens (including phenoxy) is 1. The van der Waals surface area contributed by atoms with Gasteiger partial charge in [-0.3, -0.25) is 0 Å². The van der Waals surface area contributed by atoms with Gasteiger partial charge in [0.05, 0.1) is 12.2 Å². The molecule has 0 spiro atoms. The van der Waals surface area contributed by atoms with Gasteiger partial charge < -0.3 is 10.1 Å². The highest BCUT2D eigenvalue weighted by Gasteiger charge is 2.08. The molecule has 0 fully saturated rings. The fraction of sp³-hybridized carbons (Fsp3) is 0.500. The van der Waals surface area contributed by atoms with Gasteiger partial charge in [0.1, 0.15) is 29.5 Å². The zero-order chi connectivity index (χ0) is 18.1. The van der Waals surface area contributed by atoms with Gasteiger partial charge >= 0.3 is 0 Å². The molecule has 0 atom stereocenters. The molecule has 2 rings (SSSR count). The number of para-hydroxylation sites is 1. The molecular weight excluding hydrogens is 334 g/mol. The van der Waals surface area contributed by atoms with E-state index in [1.165, 1.54) is 43.1 Å². The summed E-state index contributed by atoms with van der Waals surface area (Å²) >= 11 is 6.19. The lowest BCUT2D eigenvalue weighted by Crippen LogP contribution is -2.14. The smallest absolute Gasteiger partial charge is 0.148 e. The lowest BCUT2D eigenvalue weighted by Gasteiger charge is -2.15. The largest absolute Gasteiger partial charge is 0.491 e. The number of anilines is 1. The van der Waals surface area contributed by atoms with Gasteiger partial charge in [0.25, 0.3) is 0 Å². The summed E-state index contributed by atoms with van der Waals surface area (Å²) in [5.41, 5.74) is 3.25. The second kappa shape index (κ2) is 10.2. The zero-order valence-corrected chi connectivity index (χ0v) is 16.2. The third-order valence-corrected chi connectivity index (χ3v) is 4.65. The molecular formula is C20H28ClN3O. The van der Waals surface area contributed by atoms with Crippen LogP contribution in [-0.4, -0.2) is 23.1 Å². The number of hydrogen-bond acceptors (Lipinski definition) is 4. The van der Waals surface area contributed by atoms with Crippen LogP contribution >= 0.6 is 11.6 Å². The second-order valence-corrected chi connectivity index (χ2v) is 6.65. The van der Waals surface area contributed by atoms with Crippen LogP contribution < -0.4 is 10.1 Å². The van der Waals surface area contributed by atoms with Crippen molar-refractivity contribution in [1.82, 2.24) is 9.97 Å². The van der Waals surface area contributed by atoms with Crippen LogP contribution in [0.25, 0.3) is 0 Å². The highest BCUT2D eigenvalue weighted by atomic mass is 35.5. The molecule has 0 radical (unpaired) electrons. The Bertz CT molecular complexity index is 676. The summed E-state index contributed by atoms with van der Waals surface area (Å²) in [7, 11) is 0. The van der Waals surface area contributed by atoms with Crippen LogP contribution in [0.15, 0.2) is 24.5 Å². The van der Waals surface area contributed by atoms with Gasteiger partial charge in [0.2, 0.25) is 0 Å². The van der Waals surface area contributed by atoms with Crippen molar-refractivity contribution in [1.29, 1.82) is 0 Å². The molecule has 0 aliphatic rings. The van der Waals surface area contributed by atoms with Gasteiger partial charge in [-0.15, -0.1) is 0 Å². The molecule has 0 bridgehead atoms. The zero-order valence-electron chi connectivity index (χ0n) is 15.4. The van der Waals surface area contributed by atoms with Gasteiger partial charge in [0.15, 0.2) is 0 Å².